The maximum absolute atomic E-state index is 13.8. The van der Waals surface area contributed by atoms with Crippen LogP contribution in [0, 0.1) is 17.1 Å². The van der Waals surface area contributed by atoms with Crippen molar-refractivity contribution in [2.45, 2.75) is 63.1 Å². The molecule has 5 rings (SSSR count). The van der Waals surface area contributed by atoms with E-state index in [1.54, 1.807) is 10.7 Å². The molecule has 3 heterocycles. The van der Waals surface area contributed by atoms with Crippen molar-refractivity contribution >= 4 is 34.5 Å². The normalized spacial score (nSPS) is 17.6. The molecular formula is C25H26ClFN6O4. The van der Waals surface area contributed by atoms with Crippen molar-refractivity contribution in [2.24, 2.45) is 0 Å². The molecule has 0 spiro atoms. The van der Waals surface area contributed by atoms with Crippen LogP contribution in [-0.2, 0) is 21.4 Å². The van der Waals surface area contributed by atoms with Crippen LogP contribution >= 0.6 is 11.6 Å². The zero-order valence-corrected chi connectivity index (χ0v) is 21.4. The summed E-state index contributed by atoms with van der Waals surface area (Å²) in [7, 11) is 0. The van der Waals surface area contributed by atoms with E-state index in [4.69, 9.17) is 20.8 Å². The van der Waals surface area contributed by atoms with Crippen molar-refractivity contribution in [3.05, 3.63) is 46.3 Å². The van der Waals surface area contributed by atoms with Crippen LogP contribution in [0.15, 0.2) is 22.6 Å². The quantitative estimate of drug-likeness (QED) is 0.480. The molecule has 12 heteroatoms. The number of oxazole rings is 1. The first-order chi connectivity index (χ1) is 17.5. The van der Waals surface area contributed by atoms with E-state index >= 15 is 0 Å². The molecule has 3 aromatic rings. The molecule has 1 aromatic carbocycles. The maximum Gasteiger partial charge on any atom is 0.270 e. The second-order valence-electron chi connectivity index (χ2n) is 10.6. The van der Waals surface area contributed by atoms with Crippen molar-refractivity contribution in [3.63, 3.8) is 0 Å². The fourth-order valence-corrected chi connectivity index (χ4v) is 4.23. The Bertz CT molecular complexity index is 1430. The van der Waals surface area contributed by atoms with Crippen molar-refractivity contribution in [1.29, 1.82) is 5.26 Å². The molecule has 37 heavy (non-hydrogen) atoms. The van der Waals surface area contributed by atoms with E-state index < -0.39 is 29.2 Å². The first-order valence-electron chi connectivity index (χ1n) is 11.9. The average Bonchev–Trinajstić information content (AvgIpc) is 3.20. The highest BCUT2D eigenvalue weighted by molar-refractivity contribution is 6.34. The fraction of sp³-hybridized carbons (Fsp3) is 0.480. The molecule has 1 aliphatic carbocycles. The fourth-order valence-electron chi connectivity index (χ4n) is 4.00. The minimum Gasteiger partial charge on any atom is -0.439 e. The molecule has 2 amide bonds. The monoisotopic (exact) mass is 528 g/mol. The van der Waals surface area contributed by atoms with Gasteiger partial charge in [-0.15, -0.1) is 0 Å². The minimum absolute atomic E-state index is 0.0431. The highest BCUT2D eigenvalue weighted by Crippen LogP contribution is 2.34. The number of aromatic nitrogens is 3. The number of nitrogens with one attached hydrogen (secondary N) is 2. The standard InChI is InChI=1S/C25H26ClFN6O4/c1-24(2,3)19-9-18(33(32-19)14-10-36-11-14)23(35)30-17(22(34)31-25(12-28)4-5-25)8-20-29-16-7-13(27)6-15(26)21(16)37-20/h6-7,9,14,17H,4-5,8,10-11H2,1-3H3,(H,30,35)(H,31,34). The number of fused-ring (bicyclic) bond motifs is 1. The molecule has 1 saturated heterocycles. The Morgan fingerprint density at radius 1 is 1.32 bits per heavy atom. The SMILES string of the molecule is CC(C)(C)c1cc(C(=O)NC(Cc2nc3cc(F)cc(Cl)c3o2)C(=O)NC2(C#N)CC2)n(C2COC2)n1. The third kappa shape index (κ3) is 5.04. The maximum atomic E-state index is 13.8. The summed E-state index contributed by atoms with van der Waals surface area (Å²) in [5, 5.41) is 19.6. The molecular weight excluding hydrogens is 503 g/mol. The van der Waals surface area contributed by atoms with E-state index in [0.717, 1.165) is 11.8 Å². The number of rotatable bonds is 7. The van der Waals surface area contributed by atoms with Crippen molar-refractivity contribution < 1.29 is 23.1 Å². The number of carbonyl (C=O) groups excluding carboxylic acids is 2. The summed E-state index contributed by atoms with van der Waals surface area (Å²) >= 11 is 6.08. The van der Waals surface area contributed by atoms with E-state index in [9.17, 15) is 19.2 Å². The van der Waals surface area contributed by atoms with Gasteiger partial charge in [-0.3, -0.25) is 14.3 Å². The Morgan fingerprint density at radius 3 is 2.65 bits per heavy atom. The minimum atomic E-state index is -1.13. The summed E-state index contributed by atoms with van der Waals surface area (Å²) < 4.78 is 26.4. The topological polar surface area (TPSA) is 135 Å². The van der Waals surface area contributed by atoms with Gasteiger partial charge in [0.1, 0.15) is 28.6 Å². The summed E-state index contributed by atoms with van der Waals surface area (Å²) in [5.74, 6) is -1.56. The predicted octanol–water partition coefficient (Wildman–Crippen LogP) is 3.20. The second kappa shape index (κ2) is 9.11. The van der Waals surface area contributed by atoms with Crippen LogP contribution in [0.25, 0.3) is 11.1 Å². The average molecular weight is 529 g/mol. The lowest BCUT2D eigenvalue weighted by Crippen LogP contribution is -2.51. The van der Waals surface area contributed by atoms with Gasteiger partial charge >= 0.3 is 0 Å². The third-order valence-corrected chi connectivity index (χ3v) is 6.76. The van der Waals surface area contributed by atoms with Crippen molar-refractivity contribution in [1.82, 2.24) is 25.4 Å². The van der Waals surface area contributed by atoms with Gasteiger partial charge in [0.15, 0.2) is 11.5 Å². The Hall–Kier alpha value is -3.49. The second-order valence-corrected chi connectivity index (χ2v) is 11.0. The number of halogens is 2. The van der Waals surface area contributed by atoms with E-state index in [2.05, 4.69) is 26.8 Å². The van der Waals surface area contributed by atoms with Gasteiger partial charge in [-0.25, -0.2) is 9.37 Å². The number of hydrogen-bond donors (Lipinski definition) is 2. The summed E-state index contributed by atoms with van der Waals surface area (Å²) in [6, 6.07) is 4.87. The lowest BCUT2D eigenvalue weighted by atomic mass is 9.92. The Labute approximate surface area is 217 Å². The van der Waals surface area contributed by atoms with Gasteiger partial charge in [-0.1, -0.05) is 32.4 Å². The van der Waals surface area contributed by atoms with Gasteiger partial charge < -0.3 is 19.8 Å². The van der Waals surface area contributed by atoms with E-state index in [1.165, 1.54) is 6.07 Å². The van der Waals surface area contributed by atoms with Gasteiger partial charge in [-0.2, -0.15) is 10.4 Å². The van der Waals surface area contributed by atoms with Crippen molar-refractivity contribution in [3.8, 4) is 6.07 Å². The molecule has 1 aliphatic heterocycles. The molecule has 10 nitrogen and oxygen atoms in total. The van der Waals surface area contributed by atoms with Crippen LogP contribution in [0.1, 0.15) is 61.7 Å². The molecule has 0 bridgehead atoms. The number of nitriles is 1. The number of amides is 2. The van der Waals surface area contributed by atoms with Gasteiger partial charge in [-0.05, 0) is 25.0 Å². The van der Waals surface area contributed by atoms with Crippen LogP contribution in [0.5, 0.6) is 0 Å². The number of benzene rings is 1. The number of hydrogen-bond acceptors (Lipinski definition) is 7. The van der Waals surface area contributed by atoms with Gasteiger partial charge in [0.2, 0.25) is 5.91 Å². The zero-order chi connectivity index (χ0) is 26.5. The predicted molar refractivity (Wildman–Crippen MR) is 130 cm³/mol. The number of nitrogens with zero attached hydrogens (tertiary/aromatic N) is 4. The summed E-state index contributed by atoms with van der Waals surface area (Å²) in [6.07, 6.45) is 0.909. The molecule has 1 unspecified atom stereocenters. The zero-order valence-electron chi connectivity index (χ0n) is 20.6. The lowest BCUT2D eigenvalue weighted by molar-refractivity contribution is -0.123. The highest BCUT2D eigenvalue weighted by atomic mass is 35.5. The van der Waals surface area contributed by atoms with Crippen LogP contribution in [0.2, 0.25) is 5.02 Å². The summed E-state index contributed by atoms with van der Waals surface area (Å²) in [6.45, 7) is 6.84. The summed E-state index contributed by atoms with van der Waals surface area (Å²) in [4.78, 5) is 31.0. The molecule has 1 saturated carbocycles. The highest BCUT2D eigenvalue weighted by Gasteiger charge is 2.46. The summed E-state index contributed by atoms with van der Waals surface area (Å²) in [5.41, 5.74) is 0.136. The van der Waals surface area contributed by atoms with E-state index in [-0.39, 0.29) is 39.9 Å². The lowest BCUT2D eigenvalue weighted by Gasteiger charge is -2.28. The van der Waals surface area contributed by atoms with Crippen LogP contribution in [0.4, 0.5) is 4.39 Å². The van der Waals surface area contributed by atoms with Crippen LogP contribution in [0.3, 0.4) is 0 Å². The van der Waals surface area contributed by atoms with Gasteiger partial charge in [0.05, 0.1) is 42.5 Å². The largest absolute Gasteiger partial charge is 0.439 e. The molecule has 0 radical (unpaired) electrons. The Balaban J connectivity index is 1.44. The number of carbonyl (C=O) groups is 2. The van der Waals surface area contributed by atoms with Gasteiger partial charge in [0, 0.05) is 11.5 Å². The smallest absolute Gasteiger partial charge is 0.270 e. The molecule has 2 aliphatic rings. The third-order valence-electron chi connectivity index (χ3n) is 6.48. The first-order valence-corrected chi connectivity index (χ1v) is 12.3. The molecule has 2 N–H and O–H groups in total. The van der Waals surface area contributed by atoms with E-state index in [0.29, 0.717) is 31.7 Å². The first kappa shape index (κ1) is 25.2. The molecule has 2 aromatic heterocycles. The Kier molecular flexibility index (Phi) is 6.20. The number of ether oxygens (including phenoxy) is 1. The van der Waals surface area contributed by atoms with Crippen molar-refractivity contribution in [2.75, 3.05) is 13.2 Å². The molecule has 1 atom stereocenters. The Morgan fingerprint density at radius 2 is 2.05 bits per heavy atom. The van der Waals surface area contributed by atoms with Crippen LogP contribution in [-0.4, -0.2) is 51.4 Å². The van der Waals surface area contributed by atoms with Gasteiger partial charge in [0.25, 0.3) is 5.91 Å². The molecule has 2 fully saturated rings. The van der Waals surface area contributed by atoms with Crippen LogP contribution < -0.4 is 10.6 Å². The van der Waals surface area contributed by atoms with E-state index in [1.807, 2.05) is 20.8 Å². The molecule has 194 valence electrons.